The number of hydrogen-bond donors (Lipinski definition) is 3. The van der Waals surface area contributed by atoms with Gasteiger partial charge in [-0.3, -0.25) is 9.59 Å². The lowest BCUT2D eigenvalue weighted by atomic mass is 10.2. The zero-order valence-corrected chi connectivity index (χ0v) is 15.2. The Balaban J connectivity index is 0.00000288. The maximum Gasteiger partial charge on any atom is 0.258 e. The van der Waals surface area contributed by atoms with Gasteiger partial charge in [0.1, 0.15) is 5.82 Å². The highest BCUT2D eigenvalue weighted by atomic mass is 35.5. The highest BCUT2D eigenvalue weighted by molar-refractivity contribution is 7.98. The average molecular weight is 371 g/mol. The van der Waals surface area contributed by atoms with E-state index in [0.29, 0.717) is 41.2 Å². The Hall–Kier alpha value is -1.57. The number of thioether (sulfide) groups is 1. The molecule has 0 radical (unpaired) electrons. The molecule has 0 aliphatic heterocycles. The number of hydrogen-bond acceptors (Lipinski definition) is 5. The van der Waals surface area contributed by atoms with E-state index in [9.17, 15) is 9.59 Å². The van der Waals surface area contributed by atoms with Crippen molar-refractivity contribution in [3.8, 4) is 0 Å². The van der Waals surface area contributed by atoms with Crippen LogP contribution in [0.4, 0.5) is 0 Å². The molecule has 0 saturated heterocycles. The average Bonchev–Trinajstić information content (AvgIpc) is 2.51. The fourth-order valence-corrected chi connectivity index (χ4v) is 2.87. The lowest BCUT2D eigenvalue weighted by Gasteiger charge is -2.07. The van der Waals surface area contributed by atoms with Gasteiger partial charge in [0.05, 0.1) is 16.7 Å². The monoisotopic (exact) mass is 370 g/mol. The second-order valence-electron chi connectivity index (χ2n) is 5.45. The summed E-state index contributed by atoms with van der Waals surface area (Å²) < 4.78 is 0. The Labute approximate surface area is 151 Å². The van der Waals surface area contributed by atoms with Crippen molar-refractivity contribution in [2.24, 2.45) is 5.73 Å². The summed E-state index contributed by atoms with van der Waals surface area (Å²) in [6.07, 6.45) is 1.22. The van der Waals surface area contributed by atoms with E-state index in [1.165, 1.54) is 0 Å². The molecule has 0 aliphatic carbocycles. The van der Waals surface area contributed by atoms with Crippen molar-refractivity contribution in [1.82, 2.24) is 15.3 Å². The number of aromatic nitrogens is 2. The molecule has 2 rings (SSSR count). The fraction of sp³-hybridized carbons (Fsp3) is 0.438. The summed E-state index contributed by atoms with van der Waals surface area (Å²) >= 11 is 1.57. The number of nitrogens with one attached hydrogen (secondary N) is 2. The van der Waals surface area contributed by atoms with Gasteiger partial charge >= 0.3 is 0 Å². The summed E-state index contributed by atoms with van der Waals surface area (Å²) in [5.74, 6) is 1.92. The zero-order chi connectivity index (χ0) is 16.7. The molecule has 0 fully saturated rings. The van der Waals surface area contributed by atoms with Gasteiger partial charge in [0.25, 0.3) is 5.56 Å². The number of nitrogens with zero attached hydrogens (tertiary/aromatic N) is 1. The number of carbonyl (C=O) groups is 1. The number of H-pyrrole nitrogens is 1. The minimum Gasteiger partial charge on any atom is -0.356 e. The molecule has 1 aromatic heterocycles. The van der Waals surface area contributed by atoms with Crippen LogP contribution in [-0.4, -0.2) is 34.2 Å². The van der Waals surface area contributed by atoms with E-state index < -0.39 is 0 Å². The van der Waals surface area contributed by atoms with Gasteiger partial charge in [0.2, 0.25) is 5.91 Å². The largest absolute Gasteiger partial charge is 0.356 e. The van der Waals surface area contributed by atoms with Crippen LogP contribution in [0.3, 0.4) is 0 Å². The quantitative estimate of drug-likeness (QED) is 0.615. The molecule has 0 saturated carbocycles. The molecule has 0 aliphatic rings. The third-order valence-corrected chi connectivity index (χ3v) is 4.27. The second-order valence-corrected chi connectivity index (χ2v) is 6.55. The first kappa shape index (κ1) is 20.5. The zero-order valence-electron chi connectivity index (χ0n) is 13.6. The van der Waals surface area contributed by atoms with E-state index in [0.717, 1.165) is 6.42 Å². The van der Waals surface area contributed by atoms with Crippen molar-refractivity contribution < 1.29 is 4.79 Å². The Morgan fingerprint density at radius 3 is 2.92 bits per heavy atom. The van der Waals surface area contributed by atoms with E-state index >= 15 is 0 Å². The third kappa shape index (κ3) is 6.51. The molecule has 1 heterocycles. The van der Waals surface area contributed by atoms with E-state index in [-0.39, 0.29) is 29.9 Å². The van der Waals surface area contributed by atoms with Crippen LogP contribution in [0.15, 0.2) is 29.1 Å². The summed E-state index contributed by atoms with van der Waals surface area (Å²) in [5, 5.41) is 3.43. The van der Waals surface area contributed by atoms with Crippen LogP contribution in [-0.2, 0) is 10.5 Å². The highest BCUT2D eigenvalue weighted by Gasteiger charge is 2.05. The van der Waals surface area contributed by atoms with Crippen LogP contribution < -0.4 is 16.6 Å². The van der Waals surface area contributed by atoms with Crippen molar-refractivity contribution in [3.63, 3.8) is 0 Å². The van der Waals surface area contributed by atoms with Crippen LogP contribution in [0.2, 0.25) is 0 Å². The molecule has 8 heteroatoms. The van der Waals surface area contributed by atoms with Gasteiger partial charge in [-0.25, -0.2) is 4.98 Å². The number of fused-ring (bicyclic) bond motifs is 1. The van der Waals surface area contributed by atoms with Crippen molar-refractivity contribution in [2.45, 2.75) is 31.6 Å². The first-order chi connectivity index (χ1) is 11.1. The number of amides is 1. The summed E-state index contributed by atoms with van der Waals surface area (Å²) in [7, 11) is 0. The third-order valence-electron chi connectivity index (χ3n) is 3.30. The molecule has 0 bridgehead atoms. The van der Waals surface area contributed by atoms with E-state index in [1.54, 1.807) is 17.8 Å². The van der Waals surface area contributed by atoms with Crippen molar-refractivity contribution >= 4 is 41.0 Å². The second kappa shape index (κ2) is 10.3. The lowest BCUT2D eigenvalue weighted by molar-refractivity contribution is -0.120. The van der Waals surface area contributed by atoms with Gasteiger partial charge in [-0.05, 0) is 25.5 Å². The molecule has 1 atom stereocenters. The molecule has 2 aromatic rings. The molecular weight excluding hydrogens is 348 g/mol. The molecule has 4 N–H and O–H groups in total. The molecule has 6 nitrogen and oxygen atoms in total. The minimum absolute atomic E-state index is 0. The van der Waals surface area contributed by atoms with Crippen LogP contribution in [0.5, 0.6) is 0 Å². The van der Waals surface area contributed by atoms with Crippen LogP contribution in [0, 0.1) is 0 Å². The van der Waals surface area contributed by atoms with Crippen molar-refractivity contribution in [3.05, 3.63) is 40.4 Å². The molecule has 1 aromatic carbocycles. The number of aromatic amines is 1. The van der Waals surface area contributed by atoms with Gasteiger partial charge in [-0.2, -0.15) is 11.8 Å². The number of para-hydroxylation sites is 1. The standard InChI is InChI=1S/C16H22N4O2S.ClH/c1-11(17)6-8-18-15(21)7-9-23-10-14-19-13-5-3-2-4-12(13)16(22)20-14;/h2-5,11H,6-10,17H2,1H3,(H,18,21)(H,19,20,22);1H. The Bertz CT molecular complexity index is 721. The predicted octanol–water partition coefficient (Wildman–Crippen LogP) is 1.82. The Morgan fingerprint density at radius 1 is 1.42 bits per heavy atom. The van der Waals surface area contributed by atoms with Gasteiger partial charge in [-0.1, -0.05) is 12.1 Å². The summed E-state index contributed by atoms with van der Waals surface area (Å²) in [5.41, 5.74) is 6.19. The SMILES string of the molecule is CC(N)CCNC(=O)CCSCc1nc2ccccc2c(=O)[nH]1.Cl. The lowest BCUT2D eigenvalue weighted by Crippen LogP contribution is -2.29. The van der Waals surface area contributed by atoms with E-state index in [4.69, 9.17) is 5.73 Å². The molecule has 1 amide bonds. The molecular formula is C16H23ClN4O2S. The number of halogens is 1. The maximum atomic E-state index is 11.9. The van der Waals surface area contributed by atoms with Crippen molar-refractivity contribution in [1.29, 1.82) is 0 Å². The van der Waals surface area contributed by atoms with E-state index in [2.05, 4.69) is 15.3 Å². The Morgan fingerprint density at radius 2 is 2.17 bits per heavy atom. The van der Waals surface area contributed by atoms with Gasteiger partial charge < -0.3 is 16.0 Å². The van der Waals surface area contributed by atoms with Gasteiger partial charge in [-0.15, -0.1) is 12.4 Å². The summed E-state index contributed by atoms with van der Waals surface area (Å²) in [6, 6.07) is 7.35. The first-order valence-corrected chi connectivity index (χ1v) is 8.79. The molecule has 24 heavy (non-hydrogen) atoms. The van der Waals surface area contributed by atoms with Gasteiger partial charge in [0, 0.05) is 24.8 Å². The number of nitrogens with two attached hydrogens (primary N) is 1. The molecule has 132 valence electrons. The smallest absolute Gasteiger partial charge is 0.258 e. The predicted molar refractivity (Wildman–Crippen MR) is 102 cm³/mol. The number of benzene rings is 1. The minimum atomic E-state index is -0.125. The Kier molecular flexibility index (Phi) is 8.81. The van der Waals surface area contributed by atoms with Crippen molar-refractivity contribution in [2.75, 3.05) is 12.3 Å². The number of rotatable bonds is 8. The molecule has 1 unspecified atom stereocenters. The molecule has 0 spiro atoms. The van der Waals surface area contributed by atoms with Crippen LogP contribution >= 0.6 is 24.2 Å². The normalized spacial score (nSPS) is 11.8. The highest BCUT2D eigenvalue weighted by Crippen LogP contribution is 2.11. The van der Waals surface area contributed by atoms with Crippen LogP contribution in [0.25, 0.3) is 10.9 Å². The topological polar surface area (TPSA) is 101 Å². The number of carbonyl (C=O) groups excluding carboxylic acids is 1. The maximum absolute atomic E-state index is 11.9. The summed E-state index contributed by atoms with van der Waals surface area (Å²) in [6.45, 7) is 2.53. The fourth-order valence-electron chi connectivity index (χ4n) is 2.06. The van der Waals surface area contributed by atoms with E-state index in [1.807, 2.05) is 25.1 Å². The van der Waals surface area contributed by atoms with Gasteiger partial charge in [0.15, 0.2) is 0 Å². The van der Waals surface area contributed by atoms with Crippen LogP contribution in [0.1, 0.15) is 25.6 Å². The summed E-state index contributed by atoms with van der Waals surface area (Å²) in [4.78, 5) is 30.8. The first-order valence-electron chi connectivity index (χ1n) is 7.64.